The highest BCUT2D eigenvalue weighted by atomic mass is 32.2. The van der Waals surface area contributed by atoms with Gasteiger partial charge in [0.2, 0.25) is 5.89 Å². The van der Waals surface area contributed by atoms with E-state index in [9.17, 15) is 13.2 Å². The summed E-state index contributed by atoms with van der Waals surface area (Å²) in [5.74, 6) is -0.125. The van der Waals surface area contributed by atoms with E-state index in [1.807, 2.05) is 26.0 Å². The van der Waals surface area contributed by atoms with Gasteiger partial charge in [-0.3, -0.25) is 10.1 Å². The number of nitrogens with zero attached hydrogens (tertiary/aromatic N) is 2. The number of hydrogen-bond donors (Lipinski definition) is 1. The summed E-state index contributed by atoms with van der Waals surface area (Å²) >= 11 is 0. The minimum atomic E-state index is -3.27. The fourth-order valence-corrected chi connectivity index (χ4v) is 3.48. The zero-order valence-electron chi connectivity index (χ0n) is 15.2. The molecule has 1 N–H and O–H groups in total. The number of carbonyl (C=O) groups excluding carboxylic acids is 1. The van der Waals surface area contributed by atoms with Crippen LogP contribution in [0.3, 0.4) is 0 Å². The zero-order valence-corrected chi connectivity index (χ0v) is 16.0. The van der Waals surface area contributed by atoms with Gasteiger partial charge in [-0.25, -0.2) is 8.42 Å². The molecule has 8 heteroatoms. The van der Waals surface area contributed by atoms with Gasteiger partial charge >= 0.3 is 6.01 Å². The Labute approximate surface area is 157 Å². The lowest BCUT2D eigenvalue weighted by atomic mass is 10.1. The first-order valence-electron chi connectivity index (χ1n) is 8.35. The molecule has 1 aromatic heterocycles. The number of anilines is 1. The Balaban J connectivity index is 1.78. The largest absolute Gasteiger partial charge is 0.403 e. The maximum atomic E-state index is 12.4. The highest BCUT2D eigenvalue weighted by molar-refractivity contribution is 7.91. The van der Waals surface area contributed by atoms with Gasteiger partial charge < -0.3 is 4.42 Å². The molecule has 1 amide bonds. The second kappa shape index (κ2) is 7.32. The summed E-state index contributed by atoms with van der Waals surface area (Å²) in [7, 11) is -3.27. The lowest BCUT2D eigenvalue weighted by molar-refractivity contribution is 0.102. The number of rotatable bonds is 5. The number of aryl methyl sites for hydroxylation is 2. The van der Waals surface area contributed by atoms with Crippen LogP contribution in [0.2, 0.25) is 0 Å². The van der Waals surface area contributed by atoms with E-state index in [1.54, 1.807) is 25.1 Å². The van der Waals surface area contributed by atoms with Crippen LogP contribution in [0, 0.1) is 13.8 Å². The van der Waals surface area contributed by atoms with E-state index in [0.717, 1.165) is 11.1 Å². The Morgan fingerprint density at radius 2 is 1.78 bits per heavy atom. The average Bonchev–Trinajstić information content (AvgIpc) is 3.10. The Hall–Kier alpha value is -3.00. The molecule has 0 atom stereocenters. The van der Waals surface area contributed by atoms with Gasteiger partial charge in [0.25, 0.3) is 5.91 Å². The van der Waals surface area contributed by atoms with Gasteiger partial charge in [-0.05, 0) is 49.7 Å². The molecule has 0 saturated carbocycles. The molecule has 3 aromatic rings. The predicted octanol–water partition coefficient (Wildman–Crippen LogP) is 3.40. The zero-order chi connectivity index (χ0) is 19.6. The highest BCUT2D eigenvalue weighted by Crippen LogP contribution is 2.22. The summed E-state index contributed by atoms with van der Waals surface area (Å²) in [6.07, 6.45) is 0. The van der Waals surface area contributed by atoms with Crippen molar-refractivity contribution in [3.05, 3.63) is 59.2 Å². The first kappa shape index (κ1) is 18.8. The van der Waals surface area contributed by atoms with Crippen molar-refractivity contribution in [2.75, 3.05) is 11.1 Å². The van der Waals surface area contributed by atoms with E-state index >= 15 is 0 Å². The molecule has 0 aliphatic heterocycles. The first-order chi connectivity index (χ1) is 12.8. The van der Waals surface area contributed by atoms with Crippen LogP contribution in [0.5, 0.6) is 0 Å². The summed E-state index contributed by atoms with van der Waals surface area (Å²) in [4.78, 5) is 12.6. The van der Waals surface area contributed by atoms with Gasteiger partial charge in [0.15, 0.2) is 9.84 Å². The van der Waals surface area contributed by atoms with Crippen LogP contribution in [0.4, 0.5) is 6.01 Å². The fraction of sp³-hybridized carbons (Fsp3) is 0.211. The lowest BCUT2D eigenvalue weighted by Crippen LogP contribution is -2.13. The molecule has 0 spiro atoms. The second-order valence-electron chi connectivity index (χ2n) is 6.11. The van der Waals surface area contributed by atoms with Gasteiger partial charge in [0.1, 0.15) is 0 Å². The second-order valence-corrected chi connectivity index (χ2v) is 8.39. The number of sulfone groups is 1. The number of nitrogens with one attached hydrogen (secondary N) is 1. The van der Waals surface area contributed by atoms with E-state index in [2.05, 4.69) is 15.5 Å². The average molecular weight is 385 g/mol. The van der Waals surface area contributed by atoms with Crippen LogP contribution in [0.25, 0.3) is 11.5 Å². The maximum absolute atomic E-state index is 12.4. The van der Waals surface area contributed by atoms with Crippen molar-refractivity contribution in [1.29, 1.82) is 0 Å². The monoisotopic (exact) mass is 385 g/mol. The van der Waals surface area contributed by atoms with Crippen molar-refractivity contribution in [2.45, 2.75) is 25.7 Å². The van der Waals surface area contributed by atoms with Crippen molar-refractivity contribution in [3.8, 4) is 11.5 Å². The van der Waals surface area contributed by atoms with Crippen molar-refractivity contribution >= 4 is 21.8 Å². The number of benzene rings is 2. The molecule has 7 nitrogen and oxygen atoms in total. The molecule has 0 bridgehead atoms. The number of amides is 1. The molecule has 1 heterocycles. The molecule has 0 unspecified atom stereocenters. The van der Waals surface area contributed by atoms with Gasteiger partial charge in [-0.1, -0.05) is 29.7 Å². The molecule has 0 radical (unpaired) electrons. The topological polar surface area (TPSA) is 102 Å². The van der Waals surface area contributed by atoms with Gasteiger partial charge in [-0.15, -0.1) is 5.10 Å². The van der Waals surface area contributed by atoms with Crippen molar-refractivity contribution in [3.63, 3.8) is 0 Å². The summed E-state index contributed by atoms with van der Waals surface area (Å²) in [5, 5.41) is 10.3. The molecule has 0 aliphatic carbocycles. The van der Waals surface area contributed by atoms with E-state index < -0.39 is 9.84 Å². The van der Waals surface area contributed by atoms with Crippen LogP contribution in [-0.2, 0) is 9.84 Å². The van der Waals surface area contributed by atoms with Crippen LogP contribution >= 0.6 is 0 Å². The summed E-state index contributed by atoms with van der Waals surface area (Å²) < 4.78 is 29.2. The van der Waals surface area contributed by atoms with E-state index in [1.165, 1.54) is 12.1 Å². The third-order valence-corrected chi connectivity index (χ3v) is 5.86. The van der Waals surface area contributed by atoms with E-state index in [-0.39, 0.29) is 28.5 Å². The third-order valence-electron chi connectivity index (χ3n) is 4.11. The minimum Gasteiger partial charge on any atom is -0.403 e. The molecule has 2 aromatic carbocycles. The standard InChI is InChI=1S/C19H19N3O4S/c1-4-27(24,25)15-8-6-14(7-9-15)18-21-22-19(26-18)20-17(23)16-10-5-12(2)11-13(16)3/h5-11H,4H2,1-3H3,(H,20,22,23). The van der Waals surface area contributed by atoms with Crippen molar-refractivity contribution < 1.29 is 17.6 Å². The molecular formula is C19H19N3O4S. The Bertz CT molecular complexity index is 1090. The highest BCUT2D eigenvalue weighted by Gasteiger charge is 2.16. The molecule has 140 valence electrons. The maximum Gasteiger partial charge on any atom is 0.322 e. The molecule has 0 fully saturated rings. The van der Waals surface area contributed by atoms with Crippen LogP contribution in [-0.4, -0.2) is 30.3 Å². The SMILES string of the molecule is CCS(=O)(=O)c1ccc(-c2nnc(NC(=O)c3ccc(C)cc3C)o2)cc1. The minimum absolute atomic E-state index is 0.0276. The third kappa shape index (κ3) is 4.06. The normalized spacial score (nSPS) is 11.4. The predicted molar refractivity (Wildman–Crippen MR) is 101 cm³/mol. The van der Waals surface area contributed by atoms with Gasteiger partial charge in [-0.2, -0.15) is 0 Å². The van der Waals surface area contributed by atoms with Crippen LogP contribution < -0.4 is 5.32 Å². The molecule has 3 rings (SSSR count). The number of carbonyl (C=O) groups is 1. The smallest absolute Gasteiger partial charge is 0.322 e. The molecule has 27 heavy (non-hydrogen) atoms. The van der Waals surface area contributed by atoms with Gasteiger partial charge in [0.05, 0.1) is 10.6 Å². The molecule has 0 aliphatic rings. The Morgan fingerprint density at radius 1 is 1.07 bits per heavy atom. The summed E-state index contributed by atoms with van der Waals surface area (Å²) in [6.45, 7) is 5.40. The number of aromatic nitrogens is 2. The summed E-state index contributed by atoms with van der Waals surface area (Å²) in [6, 6.07) is 11.6. The fourth-order valence-electron chi connectivity index (χ4n) is 2.59. The quantitative estimate of drug-likeness (QED) is 0.722. The van der Waals surface area contributed by atoms with Crippen LogP contribution in [0.15, 0.2) is 51.8 Å². The van der Waals surface area contributed by atoms with Crippen molar-refractivity contribution in [2.24, 2.45) is 0 Å². The molecular weight excluding hydrogens is 366 g/mol. The van der Waals surface area contributed by atoms with E-state index in [0.29, 0.717) is 11.1 Å². The van der Waals surface area contributed by atoms with Gasteiger partial charge in [0, 0.05) is 11.1 Å². The Kier molecular flexibility index (Phi) is 5.09. The first-order valence-corrected chi connectivity index (χ1v) is 10.0. The van der Waals surface area contributed by atoms with E-state index in [4.69, 9.17) is 4.42 Å². The summed E-state index contributed by atoms with van der Waals surface area (Å²) in [5.41, 5.74) is 3.00. The lowest BCUT2D eigenvalue weighted by Gasteiger charge is -2.05. The Morgan fingerprint density at radius 3 is 2.41 bits per heavy atom. The number of hydrogen-bond acceptors (Lipinski definition) is 6. The van der Waals surface area contributed by atoms with Crippen LogP contribution in [0.1, 0.15) is 28.4 Å². The van der Waals surface area contributed by atoms with Crippen molar-refractivity contribution in [1.82, 2.24) is 10.2 Å². The molecule has 0 saturated heterocycles.